The summed E-state index contributed by atoms with van der Waals surface area (Å²) in [5.41, 5.74) is 1.20. The van der Waals surface area contributed by atoms with E-state index in [1.165, 1.54) is 18.5 Å². The topological polar surface area (TPSA) is 137 Å². The summed E-state index contributed by atoms with van der Waals surface area (Å²) < 4.78 is 2.28. The van der Waals surface area contributed by atoms with Gasteiger partial charge in [-0.2, -0.15) is 15.5 Å². The van der Waals surface area contributed by atoms with E-state index in [-0.39, 0.29) is 67.0 Å². The number of rotatable bonds is 3. The number of aromatic nitrogens is 3. The zero-order valence-corrected chi connectivity index (χ0v) is 20.6. The van der Waals surface area contributed by atoms with Crippen LogP contribution in [0.5, 0.6) is 5.88 Å². The Bertz CT molecular complexity index is 1420. The fourth-order valence-electron chi connectivity index (χ4n) is 3.20. The molecular formula is C21H16N8O2Y. The summed E-state index contributed by atoms with van der Waals surface area (Å²) in [6, 6.07) is 8.98. The second-order valence-electron chi connectivity index (χ2n) is 6.84. The molecule has 0 aliphatic carbocycles. The van der Waals surface area contributed by atoms with Gasteiger partial charge in [0.2, 0.25) is 5.88 Å². The fourth-order valence-corrected chi connectivity index (χ4v) is 3.20. The molecule has 0 saturated heterocycles. The Morgan fingerprint density at radius 3 is 2.25 bits per heavy atom. The van der Waals surface area contributed by atoms with Gasteiger partial charge in [0.25, 0.3) is 17.2 Å². The summed E-state index contributed by atoms with van der Waals surface area (Å²) in [7, 11) is 1.49. The van der Waals surface area contributed by atoms with E-state index in [4.69, 9.17) is 11.8 Å². The maximum atomic E-state index is 13.2. The van der Waals surface area contributed by atoms with Crippen molar-refractivity contribution < 1.29 is 37.8 Å². The molecule has 1 N–H and O–H groups in total. The number of aryl methyl sites for hydroxylation is 2. The van der Waals surface area contributed by atoms with Gasteiger partial charge in [-0.05, 0) is 49.6 Å². The third kappa shape index (κ3) is 4.22. The zero-order valence-electron chi connectivity index (χ0n) is 17.7. The Morgan fingerprint density at radius 1 is 1.12 bits per heavy atom. The first-order valence-electron chi connectivity index (χ1n) is 8.96. The molecule has 0 aliphatic heterocycles. The summed E-state index contributed by atoms with van der Waals surface area (Å²) >= 11 is 0. The van der Waals surface area contributed by atoms with Crippen LogP contribution in [0.25, 0.3) is 10.5 Å². The molecule has 0 spiro atoms. The Hall–Kier alpha value is -3.65. The largest absolute Gasteiger partial charge is 0.502 e. The Morgan fingerprint density at radius 2 is 1.75 bits per heavy atom. The van der Waals surface area contributed by atoms with Gasteiger partial charge in [0.15, 0.2) is 11.4 Å². The summed E-state index contributed by atoms with van der Waals surface area (Å²) in [5.74, 6) is -0.542. The van der Waals surface area contributed by atoms with Crippen molar-refractivity contribution in [2.75, 3.05) is 0 Å². The molecule has 2 aromatic heterocycles. The van der Waals surface area contributed by atoms with Gasteiger partial charge in [0.05, 0.1) is 12.3 Å². The van der Waals surface area contributed by atoms with Gasteiger partial charge in [-0.15, -0.1) is 10.2 Å². The van der Waals surface area contributed by atoms with Crippen LogP contribution in [0, 0.1) is 50.0 Å². The molecule has 3 rings (SSSR count). The monoisotopic (exact) mass is 501 g/mol. The van der Waals surface area contributed by atoms with E-state index < -0.39 is 11.4 Å². The maximum absolute atomic E-state index is 13.2. The van der Waals surface area contributed by atoms with Crippen molar-refractivity contribution in [3.8, 4) is 23.7 Å². The van der Waals surface area contributed by atoms with E-state index in [0.717, 1.165) is 15.7 Å². The molecule has 0 amide bonds. The quantitative estimate of drug-likeness (QED) is 0.429. The third-order valence-electron chi connectivity index (χ3n) is 4.64. The van der Waals surface area contributed by atoms with Crippen molar-refractivity contribution in [3.63, 3.8) is 0 Å². The Balaban J connectivity index is 0.00000363. The van der Waals surface area contributed by atoms with Crippen molar-refractivity contribution >= 4 is 17.3 Å². The van der Waals surface area contributed by atoms with Gasteiger partial charge in [0, 0.05) is 39.8 Å². The van der Waals surface area contributed by atoms with Crippen LogP contribution < -0.4 is 5.56 Å². The Labute approximate surface area is 208 Å². The SMILES string of the molecule is [C-]#[N+]c1c(C)c(N=Nc2nc(C#N)c(C#N)n2C)c(=O)n(-c2cc(C)cc(C)c2)c1O.[Y]. The molecule has 2 heterocycles. The fraction of sp³-hybridized carbons (Fsp3) is 0.190. The molecular weight excluding hydrogens is 485 g/mol. The van der Waals surface area contributed by atoms with E-state index in [1.54, 1.807) is 18.2 Å². The van der Waals surface area contributed by atoms with Crippen LogP contribution in [-0.2, 0) is 39.8 Å². The molecule has 0 bridgehead atoms. The van der Waals surface area contributed by atoms with Crippen molar-refractivity contribution in [2.24, 2.45) is 17.3 Å². The van der Waals surface area contributed by atoms with E-state index in [0.29, 0.717) is 5.69 Å². The molecule has 10 nitrogen and oxygen atoms in total. The van der Waals surface area contributed by atoms with E-state index in [2.05, 4.69) is 20.1 Å². The molecule has 0 atom stereocenters. The van der Waals surface area contributed by atoms with E-state index in [1.807, 2.05) is 26.0 Å². The summed E-state index contributed by atoms with van der Waals surface area (Å²) in [6.07, 6.45) is 0. The van der Waals surface area contributed by atoms with Crippen molar-refractivity contribution in [1.82, 2.24) is 14.1 Å². The number of hydrogen-bond donors (Lipinski definition) is 1. The van der Waals surface area contributed by atoms with Gasteiger partial charge in [-0.3, -0.25) is 9.36 Å². The molecule has 155 valence electrons. The van der Waals surface area contributed by atoms with Crippen LogP contribution in [0.3, 0.4) is 0 Å². The molecule has 0 aliphatic rings. The first kappa shape index (κ1) is 24.6. The predicted molar refractivity (Wildman–Crippen MR) is 111 cm³/mol. The first-order chi connectivity index (χ1) is 14.7. The number of azo groups is 1. The number of hydrogen-bond acceptors (Lipinski definition) is 7. The van der Waals surface area contributed by atoms with Crippen LogP contribution in [0.4, 0.5) is 17.3 Å². The minimum absolute atomic E-state index is 0. The Kier molecular flexibility index (Phi) is 7.43. The standard InChI is InChI=1S/C21H16N8O2.Y/c1-11-6-12(2)8-14(7-11)29-19(30)17(24-4)13(3)18(20(29)31)26-27-21-25-15(9-22)16(10-23)28(21)5;/h6-8,30H,1-3,5H3;. The molecule has 11 heteroatoms. The van der Waals surface area contributed by atoms with Crippen LogP contribution in [-0.4, -0.2) is 19.2 Å². The molecule has 3 aromatic rings. The van der Waals surface area contributed by atoms with E-state index in [9.17, 15) is 15.2 Å². The van der Waals surface area contributed by atoms with Crippen LogP contribution >= 0.6 is 0 Å². The van der Waals surface area contributed by atoms with Crippen LogP contribution in [0.15, 0.2) is 33.2 Å². The van der Waals surface area contributed by atoms with Gasteiger partial charge >= 0.3 is 0 Å². The second-order valence-corrected chi connectivity index (χ2v) is 6.84. The van der Waals surface area contributed by atoms with Gasteiger partial charge < -0.3 is 9.67 Å². The second kappa shape index (κ2) is 9.66. The number of pyridine rings is 1. The minimum atomic E-state index is -0.675. The van der Waals surface area contributed by atoms with Crippen LogP contribution in [0.1, 0.15) is 28.1 Å². The number of imidazole rings is 1. The molecule has 1 radical (unpaired) electrons. The number of benzene rings is 1. The summed E-state index contributed by atoms with van der Waals surface area (Å²) in [5, 5.41) is 36.8. The average molecular weight is 501 g/mol. The van der Waals surface area contributed by atoms with Crippen molar-refractivity contribution in [1.29, 1.82) is 10.5 Å². The van der Waals surface area contributed by atoms with Crippen molar-refractivity contribution in [3.05, 3.63) is 68.0 Å². The summed E-state index contributed by atoms with van der Waals surface area (Å²) in [6.45, 7) is 12.6. The third-order valence-corrected chi connectivity index (χ3v) is 4.64. The van der Waals surface area contributed by atoms with Gasteiger partial charge in [-0.1, -0.05) is 6.07 Å². The molecule has 32 heavy (non-hydrogen) atoms. The molecule has 0 fully saturated rings. The molecule has 1 aromatic carbocycles. The molecule has 0 unspecified atom stereocenters. The first-order valence-corrected chi connectivity index (χ1v) is 8.96. The van der Waals surface area contributed by atoms with E-state index >= 15 is 0 Å². The number of nitriles is 2. The minimum Gasteiger partial charge on any atom is -0.502 e. The van der Waals surface area contributed by atoms with Gasteiger partial charge in [0.1, 0.15) is 17.8 Å². The zero-order chi connectivity index (χ0) is 22.9. The normalized spacial score (nSPS) is 10.3. The summed E-state index contributed by atoms with van der Waals surface area (Å²) in [4.78, 5) is 20.5. The average Bonchev–Trinajstić information content (AvgIpc) is 3.02. The number of nitrogens with zero attached hydrogens (tertiary/aromatic N) is 8. The van der Waals surface area contributed by atoms with Crippen LogP contribution in [0.2, 0.25) is 0 Å². The van der Waals surface area contributed by atoms with Crippen molar-refractivity contribution in [2.45, 2.75) is 20.8 Å². The maximum Gasteiger partial charge on any atom is 0.283 e. The smallest absolute Gasteiger partial charge is 0.283 e. The molecule has 0 saturated carbocycles. The number of aromatic hydroxyl groups is 1. The predicted octanol–water partition coefficient (Wildman–Crippen LogP) is 3.91. The van der Waals surface area contributed by atoms with Gasteiger partial charge in [-0.25, -0.2) is 4.85 Å².